The molecule has 0 nitrogen and oxygen atoms in total. The van der Waals surface area contributed by atoms with Crippen molar-refractivity contribution in [2.75, 3.05) is 0 Å². The second-order valence-corrected chi connectivity index (χ2v) is 4.77. The maximum absolute atomic E-state index is 2.37. The van der Waals surface area contributed by atoms with E-state index >= 15 is 0 Å². The van der Waals surface area contributed by atoms with Crippen molar-refractivity contribution in [2.45, 2.75) is 79.1 Å². The van der Waals surface area contributed by atoms with E-state index in [2.05, 4.69) is 33.8 Å². The Labute approximate surface area is 97.2 Å². The van der Waals surface area contributed by atoms with Gasteiger partial charge >= 0.3 is 0 Å². The van der Waals surface area contributed by atoms with Crippen molar-refractivity contribution in [2.24, 2.45) is 5.92 Å². The van der Waals surface area contributed by atoms with E-state index in [0.29, 0.717) is 0 Å². The summed E-state index contributed by atoms with van der Waals surface area (Å²) in [5.41, 5.74) is 1.59. The molecule has 0 saturated heterocycles. The maximum atomic E-state index is 2.37. The van der Waals surface area contributed by atoms with Crippen LogP contribution in [-0.2, 0) is 0 Å². The van der Waals surface area contributed by atoms with Crippen LogP contribution < -0.4 is 0 Å². The largest absolute Gasteiger partial charge is 0.0859 e. The van der Waals surface area contributed by atoms with E-state index in [4.69, 9.17) is 0 Å². The highest BCUT2D eigenvalue weighted by molar-refractivity contribution is 4.97. The summed E-state index contributed by atoms with van der Waals surface area (Å²) < 4.78 is 0. The van der Waals surface area contributed by atoms with Gasteiger partial charge in [-0.25, -0.2) is 0 Å². The average Bonchev–Trinajstić information content (AvgIpc) is 2.23. The second kappa shape index (κ2) is 10.3. The molecule has 1 atom stereocenters. The SMILES string of the molecule is CCC=C(C)CCC(CC)CCCCC. The van der Waals surface area contributed by atoms with Crippen LogP contribution in [0.1, 0.15) is 79.1 Å². The van der Waals surface area contributed by atoms with Crippen LogP contribution in [0.15, 0.2) is 11.6 Å². The first-order chi connectivity index (χ1) is 7.24. The quantitative estimate of drug-likeness (QED) is 0.337. The van der Waals surface area contributed by atoms with E-state index in [0.717, 1.165) is 5.92 Å². The van der Waals surface area contributed by atoms with Crippen molar-refractivity contribution < 1.29 is 0 Å². The van der Waals surface area contributed by atoms with Gasteiger partial charge in [0.15, 0.2) is 0 Å². The molecule has 0 aromatic rings. The van der Waals surface area contributed by atoms with E-state index in [1.54, 1.807) is 5.57 Å². The highest BCUT2D eigenvalue weighted by Gasteiger charge is 2.05. The summed E-state index contributed by atoms with van der Waals surface area (Å²) in [5, 5.41) is 0. The molecule has 1 unspecified atom stereocenters. The third-order valence-electron chi connectivity index (χ3n) is 3.29. The topological polar surface area (TPSA) is 0 Å². The monoisotopic (exact) mass is 210 g/mol. The van der Waals surface area contributed by atoms with Crippen molar-refractivity contribution in [3.63, 3.8) is 0 Å². The summed E-state index contributed by atoms with van der Waals surface area (Å²) in [6.07, 6.45) is 13.3. The molecule has 0 amide bonds. The third kappa shape index (κ3) is 8.72. The van der Waals surface area contributed by atoms with Gasteiger partial charge in [-0.05, 0) is 32.1 Å². The predicted molar refractivity (Wildman–Crippen MR) is 71.2 cm³/mol. The van der Waals surface area contributed by atoms with Crippen molar-refractivity contribution in [3.8, 4) is 0 Å². The molecule has 0 fully saturated rings. The molecular formula is C15H30. The first-order valence-corrected chi connectivity index (χ1v) is 6.90. The van der Waals surface area contributed by atoms with Crippen LogP contribution in [0.3, 0.4) is 0 Å². The van der Waals surface area contributed by atoms with Gasteiger partial charge in [0.1, 0.15) is 0 Å². The van der Waals surface area contributed by atoms with Crippen LogP contribution in [0.25, 0.3) is 0 Å². The van der Waals surface area contributed by atoms with Gasteiger partial charge in [0.25, 0.3) is 0 Å². The van der Waals surface area contributed by atoms with Crippen molar-refractivity contribution >= 4 is 0 Å². The van der Waals surface area contributed by atoms with Crippen molar-refractivity contribution in [1.29, 1.82) is 0 Å². The minimum Gasteiger partial charge on any atom is -0.0859 e. The fourth-order valence-corrected chi connectivity index (χ4v) is 2.12. The zero-order valence-corrected chi connectivity index (χ0v) is 11.3. The van der Waals surface area contributed by atoms with Gasteiger partial charge in [-0.15, -0.1) is 0 Å². The van der Waals surface area contributed by atoms with Crippen LogP contribution in [0, 0.1) is 5.92 Å². The third-order valence-corrected chi connectivity index (χ3v) is 3.29. The van der Waals surface area contributed by atoms with E-state index in [1.807, 2.05) is 0 Å². The van der Waals surface area contributed by atoms with Gasteiger partial charge in [-0.1, -0.05) is 64.5 Å². The molecule has 0 rings (SSSR count). The Kier molecular flexibility index (Phi) is 10.1. The summed E-state index contributed by atoms with van der Waals surface area (Å²) in [7, 11) is 0. The Hall–Kier alpha value is -0.260. The van der Waals surface area contributed by atoms with Gasteiger partial charge in [0.05, 0.1) is 0 Å². The Balaban J connectivity index is 3.65. The molecule has 0 N–H and O–H groups in total. The summed E-state index contributed by atoms with van der Waals surface area (Å²) in [5.74, 6) is 0.969. The number of hydrogen-bond acceptors (Lipinski definition) is 0. The number of unbranched alkanes of at least 4 members (excludes halogenated alkanes) is 2. The molecule has 0 aromatic carbocycles. The summed E-state index contributed by atoms with van der Waals surface area (Å²) in [6.45, 7) is 9.13. The van der Waals surface area contributed by atoms with Crippen molar-refractivity contribution in [3.05, 3.63) is 11.6 Å². The summed E-state index contributed by atoms with van der Waals surface area (Å²) in [4.78, 5) is 0. The molecule has 0 heteroatoms. The Bertz CT molecular complexity index is 155. The highest BCUT2D eigenvalue weighted by atomic mass is 14.1. The Morgan fingerprint density at radius 3 is 2.33 bits per heavy atom. The zero-order chi connectivity index (χ0) is 11.5. The average molecular weight is 210 g/mol. The van der Waals surface area contributed by atoms with E-state index in [9.17, 15) is 0 Å². The predicted octanol–water partition coefficient (Wildman–Crippen LogP) is 5.73. The van der Waals surface area contributed by atoms with Gasteiger partial charge in [-0.3, -0.25) is 0 Å². The molecule has 0 spiro atoms. The second-order valence-electron chi connectivity index (χ2n) is 4.77. The molecule has 15 heavy (non-hydrogen) atoms. The van der Waals surface area contributed by atoms with Crippen LogP contribution in [0.4, 0.5) is 0 Å². The van der Waals surface area contributed by atoms with Gasteiger partial charge in [-0.2, -0.15) is 0 Å². The molecular weight excluding hydrogens is 180 g/mol. The molecule has 0 aromatic heterocycles. The lowest BCUT2D eigenvalue weighted by Gasteiger charge is -2.14. The van der Waals surface area contributed by atoms with Crippen LogP contribution in [0.5, 0.6) is 0 Å². The molecule has 0 saturated carbocycles. The normalized spacial score (nSPS) is 14.3. The number of hydrogen-bond donors (Lipinski definition) is 0. The summed E-state index contributed by atoms with van der Waals surface area (Å²) >= 11 is 0. The molecule has 0 radical (unpaired) electrons. The molecule has 0 aliphatic heterocycles. The van der Waals surface area contributed by atoms with Crippen LogP contribution >= 0.6 is 0 Å². The van der Waals surface area contributed by atoms with Crippen LogP contribution in [-0.4, -0.2) is 0 Å². The van der Waals surface area contributed by atoms with E-state index in [-0.39, 0.29) is 0 Å². The lowest BCUT2D eigenvalue weighted by Crippen LogP contribution is -1.99. The lowest BCUT2D eigenvalue weighted by molar-refractivity contribution is 0.416. The maximum Gasteiger partial charge on any atom is -0.0320 e. The fraction of sp³-hybridized carbons (Fsp3) is 0.867. The van der Waals surface area contributed by atoms with Gasteiger partial charge in [0, 0.05) is 0 Å². The van der Waals surface area contributed by atoms with E-state index in [1.165, 1.54) is 51.4 Å². The lowest BCUT2D eigenvalue weighted by atomic mass is 9.92. The van der Waals surface area contributed by atoms with E-state index < -0.39 is 0 Å². The number of rotatable bonds is 9. The minimum atomic E-state index is 0.969. The van der Waals surface area contributed by atoms with Crippen LogP contribution in [0.2, 0.25) is 0 Å². The van der Waals surface area contributed by atoms with Crippen molar-refractivity contribution in [1.82, 2.24) is 0 Å². The van der Waals surface area contributed by atoms with Gasteiger partial charge in [0.2, 0.25) is 0 Å². The Morgan fingerprint density at radius 2 is 1.80 bits per heavy atom. The molecule has 0 aliphatic rings. The highest BCUT2D eigenvalue weighted by Crippen LogP contribution is 2.21. The molecule has 90 valence electrons. The van der Waals surface area contributed by atoms with Gasteiger partial charge < -0.3 is 0 Å². The molecule has 0 aliphatic carbocycles. The number of allylic oxidation sites excluding steroid dienone is 2. The minimum absolute atomic E-state index is 0.969. The molecule has 0 bridgehead atoms. The first-order valence-electron chi connectivity index (χ1n) is 6.90. The Morgan fingerprint density at radius 1 is 1.07 bits per heavy atom. The zero-order valence-electron chi connectivity index (χ0n) is 11.3. The fourth-order valence-electron chi connectivity index (χ4n) is 2.12. The molecule has 0 heterocycles. The first kappa shape index (κ1) is 14.7. The summed E-state index contributed by atoms with van der Waals surface area (Å²) in [6, 6.07) is 0. The standard InChI is InChI=1S/C15H30/c1-5-8-9-11-15(7-3)13-12-14(4)10-6-2/h10,15H,5-9,11-13H2,1-4H3. The smallest absolute Gasteiger partial charge is 0.0320 e.